The van der Waals surface area contributed by atoms with Crippen molar-refractivity contribution in [1.82, 2.24) is 9.55 Å². The van der Waals surface area contributed by atoms with Crippen molar-refractivity contribution in [3.8, 4) is 0 Å². The number of benzene rings is 1. The van der Waals surface area contributed by atoms with Gasteiger partial charge in [0.05, 0.1) is 23.9 Å². The lowest BCUT2D eigenvalue weighted by atomic mass is 10.1. The first-order chi connectivity index (χ1) is 7.59. The van der Waals surface area contributed by atoms with Gasteiger partial charge in [0.25, 0.3) is 0 Å². The number of ketones is 2. The number of rotatable bonds is 3. The number of carbonyl (C=O) groups is 2. The molecule has 16 heavy (non-hydrogen) atoms. The third-order valence-electron chi connectivity index (χ3n) is 2.41. The van der Waals surface area contributed by atoms with Gasteiger partial charge in [-0.25, -0.2) is 4.98 Å². The van der Waals surface area contributed by atoms with Gasteiger partial charge >= 0.3 is 0 Å². The van der Waals surface area contributed by atoms with Gasteiger partial charge in [-0.05, 0) is 26.0 Å². The molecule has 0 N–H and O–H groups in total. The van der Waals surface area contributed by atoms with Gasteiger partial charge in [-0.2, -0.15) is 0 Å². The first kappa shape index (κ1) is 10.5. The Hall–Kier alpha value is -1.97. The summed E-state index contributed by atoms with van der Waals surface area (Å²) in [5.74, 6) is 0.0218. The number of hydrogen-bond acceptors (Lipinski definition) is 3. The Morgan fingerprint density at radius 1 is 1.31 bits per heavy atom. The number of carbonyl (C=O) groups excluding carboxylic acids is 2. The van der Waals surface area contributed by atoms with Crippen LogP contribution in [0.25, 0.3) is 11.0 Å². The van der Waals surface area contributed by atoms with E-state index in [9.17, 15) is 9.59 Å². The van der Waals surface area contributed by atoms with Gasteiger partial charge in [-0.15, -0.1) is 0 Å². The number of fused-ring (bicyclic) bond motifs is 1. The first-order valence-corrected chi connectivity index (χ1v) is 5.04. The van der Waals surface area contributed by atoms with E-state index in [0.717, 1.165) is 11.0 Å². The third kappa shape index (κ3) is 1.74. The summed E-state index contributed by atoms with van der Waals surface area (Å²) in [4.78, 5) is 26.7. The molecule has 4 nitrogen and oxygen atoms in total. The molecule has 4 heteroatoms. The quantitative estimate of drug-likeness (QED) is 0.735. The fourth-order valence-electron chi connectivity index (χ4n) is 1.77. The van der Waals surface area contributed by atoms with E-state index in [1.807, 2.05) is 6.07 Å². The Balaban J connectivity index is 2.67. The van der Waals surface area contributed by atoms with Crippen molar-refractivity contribution in [3.05, 3.63) is 30.1 Å². The van der Waals surface area contributed by atoms with E-state index in [0.29, 0.717) is 5.56 Å². The van der Waals surface area contributed by atoms with Crippen LogP contribution in [-0.4, -0.2) is 21.1 Å². The molecule has 0 unspecified atom stereocenters. The highest BCUT2D eigenvalue weighted by Crippen LogP contribution is 2.18. The molecule has 0 bridgehead atoms. The van der Waals surface area contributed by atoms with Crippen molar-refractivity contribution in [1.29, 1.82) is 0 Å². The normalized spacial score (nSPS) is 10.6. The van der Waals surface area contributed by atoms with E-state index in [1.54, 1.807) is 23.0 Å². The van der Waals surface area contributed by atoms with Crippen LogP contribution in [0.4, 0.5) is 0 Å². The summed E-state index contributed by atoms with van der Waals surface area (Å²) in [6.07, 6.45) is 1.60. The van der Waals surface area contributed by atoms with Crippen LogP contribution in [0.1, 0.15) is 24.2 Å². The molecule has 0 saturated heterocycles. The number of hydrogen-bond donors (Lipinski definition) is 0. The van der Waals surface area contributed by atoms with Crippen LogP contribution in [0.15, 0.2) is 24.5 Å². The zero-order valence-electron chi connectivity index (χ0n) is 9.23. The largest absolute Gasteiger partial charge is 0.322 e. The van der Waals surface area contributed by atoms with Crippen LogP contribution < -0.4 is 0 Å². The Bertz CT molecular complexity index is 569. The second-order valence-corrected chi connectivity index (χ2v) is 3.80. The summed E-state index contributed by atoms with van der Waals surface area (Å²) < 4.78 is 1.72. The molecule has 2 rings (SSSR count). The van der Waals surface area contributed by atoms with Crippen LogP contribution in [0.3, 0.4) is 0 Å². The molecular weight excluding hydrogens is 204 g/mol. The molecule has 2 aromatic rings. The Morgan fingerprint density at radius 2 is 2.06 bits per heavy atom. The molecule has 0 aliphatic carbocycles. The Kier molecular flexibility index (Phi) is 2.56. The molecule has 0 amide bonds. The highest BCUT2D eigenvalue weighted by atomic mass is 16.1. The average Bonchev–Trinajstić information content (AvgIpc) is 2.60. The SMILES string of the molecule is CC(=O)Cn1cnc2cccc(C(C)=O)c21. The van der Waals surface area contributed by atoms with Gasteiger partial charge in [-0.3, -0.25) is 9.59 Å². The first-order valence-electron chi connectivity index (χ1n) is 5.04. The van der Waals surface area contributed by atoms with Gasteiger partial charge in [0.15, 0.2) is 5.78 Å². The lowest BCUT2D eigenvalue weighted by Gasteiger charge is -2.04. The van der Waals surface area contributed by atoms with Gasteiger partial charge in [0.1, 0.15) is 5.78 Å². The number of Topliss-reactive ketones (excluding diaryl/α,β-unsaturated/α-hetero) is 2. The molecule has 0 fully saturated rings. The highest BCUT2D eigenvalue weighted by molar-refractivity contribution is 6.05. The van der Waals surface area contributed by atoms with E-state index in [1.165, 1.54) is 13.8 Å². The number of imidazole rings is 1. The van der Waals surface area contributed by atoms with Crippen LogP contribution in [-0.2, 0) is 11.3 Å². The molecule has 0 atom stereocenters. The van der Waals surface area contributed by atoms with Crippen molar-refractivity contribution in [2.45, 2.75) is 20.4 Å². The van der Waals surface area contributed by atoms with Gasteiger partial charge in [0, 0.05) is 5.56 Å². The van der Waals surface area contributed by atoms with Crippen molar-refractivity contribution in [2.24, 2.45) is 0 Å². The fraction of sp³-hybridized carbons (Fsp3) is 0.250. The van der Waals surface area contributed by atoms with Crippen LogP contribution in [0, 0.1) is 0 Å². The molecule has 1 aromatic carbocycles. The molecule has 0 radical (unpaired) electrons. The Labute approximate surface area is 92.9 Å². The minimum Gasteiger partial charge on any atom is -0.322 e. The second kappa shape index (κ2) is 3.89. The minimum absolute atomic E-state index is 0.0177. The van der Waals surface area contributed by atoms with Crippen molar-refractivity contribution >= 4 is 22.6 Å². The van der Waals surface area contributed by atoms with Crippen molar-refractivity contribution in [2.75, 3.05) is 0 Å². The molecule has 82 valence electrons. The number of nitrogens with zero attached hydrogens (tertiary/aromatic N) is 2. The summed E-state index contributed by atoms with van der Waals surface area (Å²) in [5.41, 5.74) is 2.09. The monoisotopic (exact) mass is 216 g/mol. The molecule has 1 aromatic heterocycles. The highest BCUT2D eigenvalue weighted by Gasteiger charge is 2.11. The summed E-state index contributed by atoms with van der Waals surface area (Å²) >= 11 is 0. The van der Waals surface area contributed by atoms with E-state index >= 15 is 0 Å². The molecule has 0 spiro atoms. The topological polar surface area (TPSA) is 52.0 Å². The fourth-order valence-corrected chi connectivity index (χ4v) is 1.77. The lowest BCUT2D eigenvalue weighted by Crippen LogP contribution is -2.07. The summed E-state index contributed by atoms with van der Waals surface area (Å²) in [5, 5.41) is 0. The molecule has 0 aliphatic heterocycles. The summed E-state index contributed by atoms with van der Waals surface area (Å²) in [6, 6.07) is 5.38. The van der Waals surface area contributed by atoms with E-state index in [-0.39, 0.29) is 18.1 Å². The van der Waals surface area contributed by atoms with E-state index in [4.69, 9.17) is 0 Å². The van der Waals surface area contributed by atoms with Gasteiger partial charge < -0.3 is 4.57 Å². The second-order valence-electron chi connectivity index (χ2n) is 3.80. The Morgan fingerprint density at radius 3 is 2.69 bits per heavy atom. The summed E-state index contributed by atoms with van der Waals surface area (Å²) in [6.45, 7) is 3.28. The minimum atomic E-state index is -0.0177. The molecule has 0 saturated carbocycles. The van der Waals surface area contributed by atoms with Gasteiger partial charge in [-0.1, -0.05) is 6.07 Å². The predicted molar refractivity (Wildman–Crippen MR) is 60.4 cm³/mol. The smallest absolute Gasteiger partial charge is 0.161 e. The van der Waals surface area contributed by atoms with E-state index in [2.05, 4.69) is 4.98 Å². The average molecular weight is 216 g/mol. The van der Waals surface area contributed by atoms with Crippen LogP contribution >= 0.6 is 0 Å². The zero-order valence-corrected chi connectivity index (χ0v) is 9.23. The van der Waals surface area contributed by atoms with Crippen molar-refractivity contribution in [3.63, 3.8) is 0 Å². The number of aromatic nitrogens is 2. The maximum atomic E-state index is 11.5. The third-order valence-corrected chi connectivity index (χ3v) is 2.41. The van der Waals surface area contributed by atoms with Crippen molar-refractivity contribution < 1.29 is 9.59 Å². The van der Waals surface area contributed by atoms with E-state index < -0.39 is 0 Å². The molecular formula is C12H12N2O2. The maximum absolute atomic E-state index is 11.5. The predicted octanol–water partition coefficient (Wildman–Crippen LogP) is 1.83. The summed E-state index contributed by atoms with van der Waals surface area (Å²) in [7, 11) is 0. The zero-order chi connectivity index (χ0) is 11.7. The van der Waals surface area contributed by atoms with Crippen LogP contribution in [0.5, 0.6) is 0 Å². The molecule has 1 heterocycles. The van der Waals surface area contributed by atoms with Crippen LogP contribution in [0.2, 0.25) is 0 Å². The standard InChI is InChI=1S/C12H12N2O2/c1-8(15)6-14-7-13-11-5-3-4-10(9(2)16)12(11)14/h3-5,7H,6H2,1-2H3. The lowest BCUT2D eigenvalue weighted by molar-refractivity contribution is -0.117. The molecule has 0 aliphatic rings. The maximum Gasteiger partial charge on any atom is 0.161 e. The number of para-hydroxylation sites is 1. The van der Waals surface area contributed by atoms with Gasteiger partial charge in [0.2, 0.25) is 0 Å².